The summed E-state index contributed by atoms with van der Waals surface area (Å²) in [7, 11) is -3.51. The van der Waals surface area contributed by atoms with Gasteiger partial charge in [-0.25, -0.2) is 8.42 Å². The van der Waals surface area contributed by atoms with Crippen molar-refractivity contribution in [1.82, 2.24) is 4.31 Å². The van der Waals surface area contributed by atoms with Gasteiger partial charge in [0.25, 0.3) is 0 Å². The summed E-state index contributed by atoms with van der Waals surface area (Å²) in [5.74, 6) is -1.80. The number of nitrogens with zero attached hydrogens (tertiary/aromatic N) is 2. The molecule has 0 amide bonds. The van der Waals surface area contributed by atoms with E-state index in [9.17, 15) is 13.2 Å². The lowest BCUT2D eigenvalue weighted by atomic mass is 10.0. The molecule has 7 heteroatoms. The van der Waals surface area contributed by atoms with Crippen LogP contribution in [0.2, 0.25) is 0 Å². The van der Waals surface area contributed by atoms with Crippen LogP contribution in [-0.2, 0) is 20.6 Å². The fourth-order valence-electron chi connectivity index (χ4n) is 1.85. The molecule has 6 nitrogen and oxygen atoms in total. The number of nitriles is 1. The zero-order valence-corrected chi connectivity index (χ0v) is 10.8. The quantitative estimate of drug-likeness (QED) is 0.861. The molecule has 0 aliphatic carbocycles. The van der Waals surface area contributed by atoms with Crippen LogP contribution in [0.4, 0.5) is 0 Å². The Morgan fingerprint density at radius 3 is 2.74 bits per heavy atom. The van der Waals surface area contributed by atoms with E-state index < -0.39 is 21.9 Å². The zero-order chi connectivity index (χ0) is 14.0. The van der Waals surface area contributed by atoms with Gasteiger partial charge in [-0.1, -0.05) is 12.1 Å². The summed E-state index contributed by atoms with van der Waals surface area (Å²) in [4.78, 5) is 10.6. The second-order valence-electron chi connectivity index (χ2n) is 4.42. The molecule has 0 saturated carbocycles. The van der Waals surface area contributed by atoms with E-state index in [0.29, 0.717) is 11.1 Å². The average molecular weight is 280 g/mol. The highest BCUT2D eigenvalue weighted by Gasteiger charge is 2.39. The van der Waals surface area contributed by atoms with Crippen molar-refractivity contribution in [3.63, 3.8) is 0 Å². The van der Waals surface area contributed by atoms with Crippen molar-refractivity contribution < 1.29 is 18.3 Å². The maximum Gasteiger partial charge on any atom is 0.309 e. The van der Waals surface area contributed by atoms with Gasteiger partial charge in [0.2, 0.25) is 10.0 Å². The highest BCUT2D eigenvalue weighted by atomic mass is 32.2. The lowest BCUT2D eigenvalue weighted by Gasteiger charge is -2.35. The van der Waals surface area contributed by atoms with Crippen molar-refractivity contribution in [1.29, 1.82) is 5.26 Å². The maximum atomic E-state index is 12.0. The summed E-state index contributed by atoms with van der Waals surface area (Å²) in [6, 6.07) is 8.32. The van der Waals surface area contributed by atoms with E-state index in [0.717, 1.165) is 4.31 Å². The monoisotopic (exact) mass is 280 g/mol. The molecule has 19 heavy (non-hydrogen) atoms. The number of aliphatic carboxylic acids is 1. The first-order valence-corrected chi connectivity index (χ1v) is 7.23. The topological polar surface area (TPSA) is 98.5 Å². The molecule has 1 aliphatic rings. The van der Waals surface area contributed by atoms with E-state index in [1.807, 2.05) is 6.07 Å². The summed E-state index contributed by atoms with van der Waals surface area (Å²) in [6.45, 7) is 0.0468. The minimum Gasteiger partial charge on any atom is -0.481 e. The van der Waals surface area contributed by atoms with Crippen LogP contribution in [0.5, 0.6) is 0 Å². The Kier molecular flexibility index (Phi) is 3.55. The van der Waals surface area contributed by atoms with Crippen LogP contribution in [0.15, 0.2) is 24.3 Å². The van der Waals surface area contributed by atoms with Crippen molar-refractivity contribution in [2.24, 2.45) is 5.92 Å². The predicted octanol–water partition coefficient (Wildman–Crippen LogP) is 0.404. The van der Waals surface area contributed by atoms with Crippen molar-refractivity contribution in [3.8, 4) is 6.07 Å². The van der Waals surface area contributed by atoms with Crippen LogP contribution < -0.4 is 0 Å². The second kappa shape index (κ2) is 4.99. The first-order valence-electron chi connectivity index (χ1n) is 5.62. The molecule has 100 valence electrons. The van der Waals surface area contributed by atoms with Gasteiger partial charge in [0, 0.05) is 13.1 Å². The zero-order valence-electron chi connectivity index (χ0n) is 9.98. The highest BCUT2D eigenvalue weighted by Crippen LogP contribution is 2.22. The lowest BCUT2D eigenvalue weighted by Crippen LogP contribution is -2.53. The first kappa shape index (κ1) is 13.5. The maximum absolute atomic E-state index is 12.0. The third kappa shape index (κ3) is 2.92. The Labute approximate surface area is 110 Å². The van der Waals surface area contributed by atoms with Crippen LogP contribution in [0.3, 0.4) is 0 Å². The number of carboxylic acid groups (broad SMARTS) is 1. The van der Waals surface area contributed by atoms with Crippen LogP contribution in [-0.4, -0.2) is 36.9 Å². The fraction of sp³-hybridized carbons (Fsp3) is 0.333. The molecule has 1 aromatic carbocycles. The minimum absolute atomic E-state index is 0.0234. The Bertz CT molecular complexity index is 642. The SMILES string of the molecule is N#Cc1cccc(CS(=O)(=O)N2CC(C(=O)O)C2)c1. The molecule has 2 rings (SSSR count). The van der Waals surface area contributed by atoms with Gasteiger partial charge in [-0.2, -0.15) is 9.57 Å². The van der Waals surface area contributed by atoms with Crippen LogP contribution in [0.25, 0.3) is 0 Å². The number of benzene rings is 1. The van der Waals surface area contributed by atoms with E-state index in [4.69, 9.17) is 10.4 Å². The van der Waals surface area contributed by atoms with Crippen molar-refractivity contribution >= 4 is 16.0 Å². The Morgan fingerprint density at radius 2 is 2.16 bits per heavy atom. The first-order chi connectivity index (χ1) is 8.92. The van der Waals surface area contributed by atoms with Gasteiger partial charge in [-0.15, -0.1) is 0 Å². The highest BCUT2D eigenvalue weighted by molar-refractivity contribution is 7.88. The second-order valence-corrected chi connectivity index (χ2v) is 6.39. The molecule has 1 saturated heterocycles. The van der Waals surface area contributed by atoms with E-state index in [2.05, 4.69) is 0 Å². The Balaban J connectivity index is 2.06. The Morgan fingerprint density at radius 1 is 1.47 bits per heavy atom. The smallest absolute Gasteiger partial charge is 0.309 e. The third-order valence-electron chi connectivity index (χ3n) is 3.00. The predicted molar refractivity (Wildman–Crippen MR) is 66.5 cm³/mol. The number of sulfonamides is 1. The number of carboxylic acids is 1. The molecule has 0 spiro atoms. The molecule has 1 fully saturated rings. The summed E-state index contributed by atoms with van der Waals surface area (Å²) >= 11 is 0. The molecule has 0 radical (unpaired) electrons. The van der Waals surface area contributed by atoms with Crippen LogP contribution >= 0.6 is 0 Å². The Hall–Kier alpha value is -1.91. The van der Waals surface area contributed by atoms with E-state index in [1.165, 1.54) is 6.07 Å². The molecule has 0 atom stereocenters. The van der Waals surface area contributed by atoms with Gasteiger partial charge < -0.3 is 5.11 Å². The lowest BCUT2D eigenvalue weighted by molar-refractivity contribution is -0.145. The van der Waals surface area contributed by atoms with Crippen molar-refractivity contribution in [2.75, 3.05) is 13.1 Å². The average Bonchev–Trinajstić information content (AvgIpc) is 2.25. The van der Waals surface area contributed by atoms with Gasteiger partial charge in [-0.3, -0.25) is 4.79 Å². The van der Waals surface area contributed by atoms with Gasteiger partial charge >= 0.3 is 5.97 Å². The standard InChI is InChI=1S/C12H12N2O4S/c13-5-9-2-1-3-10(4-9)8-19(17,18)14-6-11(7-14)12(15)16/h1-4,11H,6-8H2,(H,15,16). The summed E-state index contributed by atoms with van der Waals surface area (Å²) in [5, 5.41) is 17.5. The third-order valence-corrected chi connectivity index (χ3v) is 4.78. The summed E-state index contributed by atoms with van der Waals surface area (Å²) < 4.78 is 25.2. The fourth-order valence-corrected chi connectivity index (χ4v) is 3.45. The van der Waals surface area contributed by atoms with Gasteiger partial charge in [-0.05, 0) is 17.7 Å². The van der Waals surface area contributed by atoms with E-state index >= 15 is 0 Å². The summed E-state index contributed by atoms with van der Waals surface area (Å²) in [6.07, 6.45) is 0. The molecule has 1 heterocycles. The van der Waals surface area contributed by atoms with E-state index in [-0.39, 0.29) is 18.8 Å². The molecule has 1 N–H and O–H groups in total. The number of hydrogen-bond acceptors (Lipinski definition) is 4. The van der Waals surface area contributed by atoms with Crippen molar-refractivity contribution in [2.45, 2.75) is 5.75 Å². The largest absolute Gasteiger partial charge is 0.481 e. The molecule has 1 aliphatic heterocycles. The number of carbonyl (C=O) groups is 1. The van der Waals surface area contributed by atoms with Gasteiger partial charge in [0.05, 0.1) is 23.3 Å². The molecule has 0 aromatic heterocycles. The molecular formula is C12H12N2O4S. The van der Waals surface area contributed by atoms with Crippen LogP contribution in [0.1, 0.15) is 11.1 Å². The van der Waals surface area contributed by atoms with E-state index in [1.54, 1.807) is 18.2 Å². The summed E-state index contributed by atoms with van der Waals surface area (Å²) in [5.41, 5.74) is 0.928. The molecule has 1 aromatic rings. The number of rotatable bonds is 4. The molecule has 0 unspecified atom stereocenters. The van der Waals surface area contributed by atoms with Crippen LogP contribution in [0, 0.1) is 17.2 Å². The normalized spacial score (nSPS) is 16.6. The molecular weight excluding hydrogens is 268 g/mol. The van der Waals surface area contributed by atoms with Gasteiger partial charge in [0.15, 0.2) is 0 Å². The number of hydrogen-bond donors (Lipinski definition) is 1. The minimum atomic E-state index is -3.51. The van der Waals surface area contributed by atoms with Gasteiger partial charge in [0.1, 0.15) is 0 Å². The molecule has 0 bridgehead atoms. The van der Waals surface area contributed by atoms with Crippen molar-refractivity contribution in [3.05, 3.63) is 35.4 Å².